The van der Waals surface area contributed by atoms with Crippen LogP contribution in [0.5, 0.6) is 0 Å². The molecule has 1 saturated heterocycles. The minimum absolute atomic E-state index is 0.157. The Hall–Kier alpha value is -0.610. The van der Waals surface area contributed by atoms with E-state index in [4.69, 9.17) is 10.2 Å². The summed E-state index contributed by atoms with van der Waals surface area (Å²) in [5.74, 6) is -0.549. The van der Waals surface area contributed by atoms with E-state index < -0.39 is 12.0 Å². The third-order valence-electron chi connectivity index (χ3n) is 3.05. The Labute approximate surface area is 78.2 Å². The molecule has 0 radical (unpaired) electrons. The molecule has 0 amide bonds. The zero-order valence-corrected chi connectivity index (χ0v) is 8.10. The molecule has 0 aromatic heterocycles. The fraction of sp³-hybridized carbons (Fsp3) is 0.889. The molecule has 0 aliphatic carbocycles. The van der Waals surface area contributed by atoms with Crippen molar-refractivity contribution in [3.8, 4) is 0 Å². The first kappa shape index (κ1) is 10.5. The first-order chi connectivity index (χ1) is 6.07. The highest BCUT2D eigenvalue weighted by atomic mass is 16.4. The van der Waals surface area contributed by atoms with Gasteiger partial charge in [-0.25, -0.2) is 0 Å². The van der Waals surface area contributed by atoms with Crippen LogP contribution in [0.1, 0.15) is 20.3 Å². The Kier molecular flexibility index (Phi) is 3.27. The molecular weight excluding hydrogens is 170 g/mol. The smallest absolute Gasteiger partial charge is 0.320 e. The summed E-state index contributed by atoms with van der Waals surface area (Å²) >= 11 is 0. The van der Waals surface area contributed by atoms with Gasteiger partial charge < -0.3 is 10.2 Å². The number of nitrogens with zero attached hydrogens (tertiary/aromatic N) is 1. The van der Waals surface area contributed by atoms with Gasteiger partial charge in [0, 0.05) is 12.6 Å². The summed E-state index contributed by atoms with van der Waals surface area (Å²) in [6.45, 7) is 4.61. The van der Waals surface area contributed by atoms with Gasteiger partial charge in [-0.15, -0.1) is 0 Å². The molecule has 2 N–H and O–H groups in total. The average molecular weight is 187 g/mol. The summed E-state index contributed by atoms with van der Waals surface area (Å²) in [6, 6.07) is -0.261. The second-order valence-corrected chi connectivity index (χ2v) is 3.72. The lowest BCUT2D eigenvalue weighted by molar-refractivity contribution is -0.143. The van der Waals surface area contributed by atoms with Gasteiger partial charge in [0.25, 0.3) is 0 Å². The van der Waals surface area contributed by atoms with Crippen molar-refractivity contribution < 1.29 is 15.0 Å². The zero-order chi connectivity index (χ0) is 10.0. The van der Waals surface area contributed by atoms with Gasteiger partial charge in [0.15, 0.2) is 0 Å². The molecule has 4 nitrogen and oxygen atoms in total. The van der Waals surface area contributed by atoms with Crippen LogP contribution in [0.25, 0.3) is 0 Å². The van der Waals surface area contributed by atoms with Crippen LogP contribution in [0.2, 0.25) is 0 Å². The predicted molar refractivity (Wildman–Crippen MR) is 48.5 cm³/mol. The van der Waals surface area contributed by atoms with Gasteiger partial charge in [0.1, 0.15) is 6.04 Å². The number of carboxylic acid groups (broad SMARTS) is 1. The van der Waals surface area contributed by atoms with Gasteiger partial charge in [-0.1, -0.05) is 0 Å². The lowest BCUT2D eigenvalue weighted by atomic mass is 10.0. The van der Waals surface area contributed by atoms with Gasteiger partial charge in [-0.2, -0.15) is 0 Å². The number of carbonyl (C=O) groups is 1. The van der Waals surface area contributed by atoms with Crippen molar-refractivity contribution in [3.63, 3.8) is 0 Å². The molecule has 3 unspecified atom stereocenters. The van der Waals surface area contributed by atoms with Gasteiger partial charge in [-0.05, 0) is 32.7 Å². The fourth-order valence-electron chi connectivity index (χ4n) is 1.96. The van der Waals surface area contributed by atoms with E-state index in [9.17, 15) is 4.79 Å². The van der Waals surface area contributed by atoms with Crippen LogP contribution in [0.4, 0.5) is 0 Å². The molecule has 0 aromatic carbocycles. The van der Waals surface area contributed by atoms with Gasteiger partial charge in [-0.3, -0.25) is 9.69 Å². The summed E-state index contributed by atoms with van der Waals surface area (Å²) in [5, 5.41) is 17.8. The van der Waals surface area contributed by atoms with Crippen molar-refractivity contribution in [1.82, 2.24) is 4.90 Å². The number of rotatable bonds is 3. The average Bonchev–Trinajstić information content (AvgIpc) is 2.45. The Morgan fingerprint density at radius 1 is 1.69 bits per heavy atom. The van der Waals surface area contributed by atoms with E-state index in [2.05, 4.69) is 0 Å². The van der Waals surface area contributed by atoms with Crippen LogP contribution in [-0.2, 0) is 4.79 Å². The van der Waals surface area contributed by atoms with Crippen LogP contribution in [-0.4, -0.2) is 46.3 Å². The Balaban J connectivity index is 2.58. The number of hydrogen-bond donors (Lipinski definition) is 2. The number of aliphatic hydroxyl groups is 1. The van der Waals surface area contributed by atoms with E-state index in [1.165, 1.54) is 0 Å². The molecule has 1 fully saturated rings. The molecule has 1 aliphatic rings. The maximum Gasteiger partial charge on any atom is 0.320 e. The minimum Gasteiger partial charge on any atom is -0.480 e. The summed E-state index contributed by atoms with van der Waals surface area (Å²) in [4.78, 5) is 12.7. The molecule has 1 rings (SSSR count). The normalized spacial score (nSPS) is 31.9. The summed E-state index contributed by atoms with van der Waals surface area (Å²) in [5.41, 5.74) is 0. The molecule has 0 spiro atoms. The Morgan fingerprint density at radius 3 is 2.69 bits per heavy atom. The quantitative estimate of drug-likeness (QED) is 0.661. The summed E-state index contributed by atoms with van der Waals surface area (Å²) in [7, 11) is 0. The van der Waals surface area contributed by atoms with E-state index in [-0.39, 0.29) is 18.6 Å². The minimum atomic E-state index is -0.787. The van der Waals surface area contributed by atoms with Crippen molar-refractivity contribution in [2.24, 2.45) is 5.92 Å². The van der Waals surface area contributed by atoms with Gasteiger partial charge in [0.05, 0.1) is 0 Å². The fourth-order valence-corrected chi connectivity index (χ4v) is 1.96. The zero-order valence-electron chi connectivity index (χ0n) is 8.10. The van der Waals surface area contributed by atoms with Crippen molar-refractivity contribution in [1.29, 1.82) is 0 Å². The highest BCUT2D eigenvalue weighted by Crippen LogP contribution is 2.25. The van der Waals surface area contributed by atoms with E-state index in [0.717, 1.165) is 13.0 Å². The SMILES string of the molecule is CC(C(=O)O)N1CCC(CO)C1C. The number of carboxylic acids is 1. The third kappa shape index (κ3) is 2.00. The number of aliphatic carboxylic acids is 1. The second-order valence-electron chi connectivity index (χ2n) is 3.72. The van der Waals surface area contributed by atoms with Crippen LogP contribution in [0.3, 0.4) is 0 Å². The predicted octanol–water partition coefficient (Wildman–Crippen LogP) is 0.162. The van der Waals surface area contributed by atoms with Gasteiger partial charge in [0.2, 0.25) is 0 Å². The number of likely N-dealkylation sites (tertiary alicyclic amines) is 1. The lowest BCUT2D eigenvalue weighted by Gasteiger charge is -2.27. The molecule has 76 valence electrons. The summed E-state index contributed by atoms with van der Waals surface area (Å²) in [6.07, 6.45) is 0.898. The molecule has 13 heavy (non-hydrogen) atoms. The highest BCUT2D eigenvalue weighted by Gasteiger charge is 2.35. The topological polar surface area (TPSA) is 60.8 Å². The van der Waals surface area contributed by atoms with Crippen LogP contribution >= 0.6 is 0 Å². The largest absolute Gasteiger partial charge is 0.480 e. The molecular formula is C9H17NO3. The molecule has 0 bridgehead atoms. The molecule has 4 heteroatoms. The maximum absolute atomic E-state index is 10.7. The van der Waals surface area contributed by atoms with Crippen molar-refractivity contribution in [3.05, 3.63) is 0 Å². The molecule has 1 heterocycles. The molecule has 1 aliphatic heterocycles. The first-order valence-corrected chi connectivity index (χ1v) is 4.67. The van der Waals surface area contributed by atoms with E-state index in [1.54, 1.807) is 6.92 Å². The molecule has 0 aromatic rings. The van der Waals surface area contributed by atoms with Crippen molar-refractivity contribution >= 4 is 5.97 Å². The second kappa shape index (κ2) is 4.07. The Morgan fingerprint density at radius 2 is 2.31 bits per heavy atom. The Bertz CT molecular complexity index is 195. The third-order valence-corrected chi connectivity index (χ3v) is 3.05. The van der Waals surface area contributed by atoms with E-state index >= 15 is 0 Å². The monoisotopic (exact) mass is 187 g/mol. The number of hydrogen-bond acceptors (Lipinski definition) is 3. The highest BCUT2D eigenvalue weighted by molar-refractivity contribution is 5.73. The first-order valence-electron chi connectivity index (χ1n) is 4.67. The van der Waals surface area contributed by atoms with E-state index in [0.29, 0.717) is 0 Å². The van der Waals surface area contributed by atoms with Crippen LogP contribution < -0.4 is 0 Å². The van der Waals surface area contributed by atoms with Crippen molar-refractivity contribution in [2.45, 2.75) is 32.4 Å². The molecule has 0 saturated carbocycles. The standard InChI is InChI=1S/C9H17NO3/c1-6-8(5-11)3-4-10(6)7(2)9(12)13/h6-8,11H,3-5H2,1-2H3,(H,12,13). The van der Waals surface area contributed by atoms with Crippen LogP contribution in [0, 0.1) is 5.92 Å². The molecule has 3 atom stereocenters. The summed E-state index contributed by atoms with van der Waals surface area (Å²) < 4.78 is 0. The number of aliphatic hydroxyl groups excluding tert-OH is 1. The van der Waals surface area contributed by atoms with E-state index in [1.807, 2.05) is 11.8 Å². The van der Waals surface area contributed by atoms with Crippen LogP contribution in [0.15, 0.2) is 0 Å². The van der Waals surface area contributed by atoms with Gasteiger partial charge >= 0.3 is 5.97 Å². The lowest BCUT2D eigenvalue weighted by Crippen LogP contribution is -2.42. The van der Waals surface area contributed by atoms with Crippen molar-refractivity contribution in [2.75, 3.05) is 13.2 Å². The maximum atomic E-state index is 10.7.